The smallest absolute Gasteiger partial charge is 0.0592 e. The molecule has 0 radical (unpaired) electrons. The molecule has 0 amide bonds. The van der Waals surface area contributed by atoms with Crippen LogP contribution < -0.4 is 5.73 Å². The average molecular weight is 280 g/mol. The quantitative estimate of drug-likeness (QED) is 0.920. The maximum atomic E-state index is 12.2. The van der Waals surface area contributed by atoms with E-state index in [9.17, 15) is 4.21 Å². The highest BCUT2D eigenvalue weighted by molar-refractivity contribution is 7.85. The van der Waals surface area contributed by atoms with Gasteiger partial charge in [0.15, 0.2) is 0 Å². The van der Waals surface area contributed by atoms with Gasteiger partial charge < -0.3 is 5.73 Å². The maximum absolute atomic E-state index is 12.2. The first kappa shape index (κ1) is 14.0. The summed E-state index contributed by atoms with van der Waals surface area (Å²) in [6, 6.07) is 4.87. The SMILES string of the molecule is CCC(N)C(C)S(=O)c1cc(Cl)ccc1Cl. The van der Waals surface area contributed by atoms with Gasteiger partial charge in [-0.05, 0) is 31.5 Å². The van der Waals surface area contributed by atoms with Crippen molar-refractivity contribution in [3.63, 3.8) is 0 Å². The highest BCUT2D eigenvalue weighted by Crippen LogP contribution is 2.26. The Balaban J connectivity index is 3.00. The van der Waals surface area contributed by atoms with Gasteiger partial charge in [-0.3, -0.25) is 4.21 Å². The van der Waals surface area contributed by atoms with Crippen molar-refractivity contribution in [3.05, 3.63) is 28.2 Å². The minimum absolute atomic E-state index is 0.101. The first-order valence-electron chi connectivity index (χ1n) is 5.08. The minimum atomic E-state index is -1.22. The van der Waals surface area contributed by atoms with Gasteiger partial charge in [-0.1, -0.05) is 30.1 Å². The van der Waals surface area contributed by atoms with Crippen LogP contribution in [0.2, 0.25) is 10.0 Å². The molecule has 0 aliphatic carbocycles. The fourth-order valence-corrected chi connectivity index (χ4v) is 3.32. The van der Waals surface area contributed by atoms with Gasteiger partial charge in [-0.25, -0.2) is 0 Å². The topological polar surface area (TPSA) is 43.1 Å². The summed E-state index contributed by atoms with van der Waals surface area (Å²) in [6.07, 6.45) is 0.783. The van der Waals surface area contributed by atoms with Crippen molar-refractivity contribution >= 4 is 34.0 Å². The molecule has 0 fully saturated rings. The lowest BCUT2D eigenvalue weighted by Gasteiger charge is -2.18. The Hall–Kier alpha value is -0.0900. The van der Waals surface area contributed by atoms with Crippen LogP contribution in [0.4, 0.5) is 0 Å². The molecule has 0 saturated carbocycles. The largest absolute Gasteiger partial charge is 0.327 e. The van der Waals surface area contributed by atoms with Crippen molar-refractivity contribution in [1.29, 1.82) is 0 Å². The van der Waals surface area contributed by atoms with Crippen molar-refractivity contribution < 1.29 is 4.21 Å². The fourth-order valence-electron chi connectivity index (χ4n) is 1.32. The van der Waals surface area contributed by atoms with Crippen LogP contribution in [-0.4, -0.2) is 15.5 Å². The summed E-state index contributed by atoms with van der Waals surface area (Å²) in [7, 11) is -1.22. The van der Waals surface area contributed by atoms with Crippen LogP contribution >= 0.6 is 23.2 Å². The van der Waals surface area contributed by atoms with Gasteiger partial charge in [-0.15, -0.1) is 0 Å². The molecule has 2 nitrogen and oxygen atoms in total. The van der Waals surface area contributed by atoms with E-state index in [-0.39, 0.29) is 11.3 Å². The monoisotopic (exact) mass is 279 g/mol. The van der Waals surface area contributed by atoms with Crippen LogP contribution in [-0.2, 0) is 10.8 Å². The van der Waals surface area contributed by atoms with Crippen molar-refractivity contribution in [3.8, 4) is 0 Å². The predicted molar refractivity (Wildman–Crippen MR) is 70.6 cm³/mol. The Labute approximate surface area is 109 Å². The summed E-state index contributed by atoms with van der Waals surface area (Å²) >= 11 is 11.8. The molecule has 0 aliphatic rings. The van der Waals surface area contributed by atoms with E-state index in [1.165, 1.54) is 0 Å². The molecule has 3 atom stereocenters. The summed E-state index contributed by atoms with van der Waals surface area (Å²) in [5.74, 6) is 0. The van der Waals surface area contributed by atoms with Crippen LogP contribution in [0.1, 0.15) is 20.3 Å². The first-order chi connectivity index (χ1) is 7.47. The molecular weight excluding hydrogens is 265 g/mol. The van der Waals surface area contributed by atoms with E-state index in [2.05, 4.69) is 0 Å². The zero-order valence-electron chi connectivity index (χ0n) is 9.24. The van der Waals surface area contributed by atoms with Gasteiger partial charge in [0.2, 0.25) is 0 Å². The standard InChI is InChI=1S/C11H15Cl2NOS/c1-3-10(14)7(2)16(15)11-6-8(12)4-5-9(11)13/h4-7,10H,3,14H2,1-2H3. The predicted octanol–water partition coefficient (Wildman–Crippen LogP) is 3.23. The number of benzene rings is 1. The average Bonchev–Trinajstić information content (AvgIpc) is 2.29. The third kappa shape index (κ3) is 3.20. The maximum Gasteiger partial charge on any atom is 0.0592 e. The van der Waals surface area contributed by atoms with Gasteiger partial charge in [0.25, 0.3) is 0 Å². The number of halogens is 2. The summed E-state index contributed by atoms with van der Waals surface area (Å²) in [6.45, 7) is 3.83. The van der Waals surface area contributed by atoms with E-state index in [1.807, 2.05) is 13.8 Å². The summed E-state index contributed by atoms with van der Waals surface area (Å²) < 4.78 is 12.2. The number of hydrogen-bond donors (Lipinski definition) is 1. The molecule has 90 valence electrons. The Kier molecular flexibility index (Phi) is 5.25. The second kappa shape index (κ2) is 6.01. The molecule has 1 aromatic rings. The Morgan fingerprint density at radius 1 is 1.44 bits per heavy atom. The zero-order chi connectivity index (χ0) is 12.3. The molecule has 0 aliphatic heterocycles. The normalized spacial score (nSPS) is 16.8. The van der Waals surface area contributed by atoms with Gasteiger partial charge in [-0.2, -0.15) is 0 Å². The van der Waals surface area contributed by atoms with Gasteiger partial charge in [0.1, 0.15) is 0 Å². The van der Waals surface area contributed by atoms with Crippen molar-refractivity contribution in [1.82, 2.24) is 0 Å². The molecular formula is C11H15Cl2NOS. The lowest BCUT2D eigenvalue weighted by Crippen LogP contribution is -2.35. The second-order valence-corrected chi connectivity index (χ2v) is 6.27. The van der Waals surface area contributed by atoms with E-state index >= 15 is 0 Å². The zero-order valence-corrected chi connectivity index (χ0v) is 11.6. The lowest BCUT2D eigenvalue weighted by atomic mass is 10.2. The van der Waals surface area contributed by atoms with Gasteiger partial charge in [0, 0.05) is 11.1 Å². The van der Waals surface area contributed by atoms with E-state index in [4.69, 9.17) is 28.9 Å². The molecule has 0 bridgehead atoms. The molecule has 0 aromatic heterocycles. The molecule has 1 rings (SSSR count). The number of nitrogens with two attached hydrogens (primary N) is 1. The Morgan fingerprint density at radius 3 is 2.62 bits per heavy atom. The second-order valence-electron chi connectivity index (χ2n) is 3.65. The first-order valence-corrected chi connectivity index (χ1v) is 7.05. The third-order valence-electron chi connectivity index (χ3n) is 2.52. The molecule has 0 heterocycles. The molecule has 5 heteroatoms. The summed E-state index contributed by atoms with van der Waals surface area (Å²) in [5, 5.41) is 0.865. The number of hydrogen-bond acceptors (Lipinski definition) is 2. The minimum Gasteiger partial charge on any atom is -0.327 e. The van der Waals surface area contributed by atoms with Crippen molar-refractivity contribution in [2.24, 2.45) is 5.73 Å². The Bertz CT molecular complexity index is 398. The van der Waals surface area contributed by atoms with Crippen LogP contribution in [0.5, 0.6) is 0 Å². The van der Waals surface area contributed by atoms with E-state index in [0.717, 1.165) is 6.42 Å². The Morgan fingerprint density at radius 2 is 2.06 bits per heavy atom. The van der Waals surface area contributed by atoms with Crippen LogP contribution in [0.25, 0.3) is 0 Å². The molecule has 1 aromatic carbocycles. The van der Waals surface area contributed by atoms with Crippen LogP contribution in [0, 0.1) is 0 Å². The van der Waals surface area contributed by atoms with Crippen LogP contribution in [0.15, 0.2) is 23.1 Å². The fraction of sp³-hybridized carbons (Fsp3) is 0.455. The van der Waals surface area contributed by atoms with Gasteiger partial charge >= 0.3 is 0 Å². The van der Waals surface area contributed by atoms with Gasteiger partial charge in [0.05, 0.1) is 26.0 Å². The molecule has 3 unspecified atom stereocenters. The third-order valence-corrected chi connectivity index (χ3v) is 4.99. The van der Waals surface area contributed by atoms with Crippen molar-refractivity contribution in [2.75, 3.05) is 0 Å². The molecule has 2 N–H and O–H groups in total. The summed E-state index contributed by atoms with van der Waals surface area (Å²) in [4.78, 5) is 0.561. The van der Waals surface area contributed by atoms with Crippen LogP contribution in [0.3, 0.4) is 0 Å². The van der Waals surface area contributed by atoms with Crippen molar-refractivity contribution in [2.45, 2.75) is 36.5 Å². The highest BCUT2D eigenvalue weighted by atomic mass is 35.5. The summed E-state index contributed by atoms with van der Waals surface area (Å²) in [5.41, 5.74) is 5.87. The van der Waals surface area contributed by atoms with E-state index in [0.29, 0.717) is 14.9 Å². The highest BCUT2D eigenvalue weighted by Gasteiger charge is 2.21. The molecule has 16 heavy (non-hydrogen) atoms. The van der Waals surface area contributed by atoms with E-state index in [1.54, 1.807) is 18.2 Å². The molecule has 0 spiro atoms. The molecule has 0 saturated heterocycles. The number of rotatable bonds is 4. The lowest BCUT2D eigenvalue weighted by molar-refractivity contribution is 0.610. The van der Waals surface area contributed by atoms with E-state index < -0.39 is 10.8 Å².